The largest absolute Gasteiger partial charge is 0.488 e. The summed E-state index contributed by atoms with van der Waals surface area (Å²) in [6, 6.07) is 18.5. The lowest BCUT2D eigenvalue weighted by atomic mass is 9.94. The van der Waals surface area contributed by atoms with Gasteiger partial charge in [0.05, 0.1) is 12.0 Å². The van der Waals surface area contributed by atoms with Crippen molar-refractivity contribution in [3.63, 3.8) is 0 Å². The molecule has 6 heteroatoms. The fourth-order valence-electron chi connectivity index (χ4n) is 3.50. The molecular weight excluding hydrogens is 493 g/mol. The number of benzene rings is 3. The van der Waals surface area contributed by atoms with E-state index in [1.54, 1.807) is 36.4 Å². The van der Waals surface area contributed by atoms with Gasteiger partial charge in [0.2, 0.25) is 5.91 Å². The predicted octanol–water partition coefficient (Wildman–Crippen LogP) is 4.98. The molecule has 0 radical (unpaired) electrons. The van der Waals surface area contributed by atoms with Crippen LogP contribution in [-0.4, -0.2) is 11.7 Å². The molecule has 1 atom stereocenters. The van der Waals surface area contributed by atoms with Gasteiger partial charge in [-0.3, -0.25) is 9.59 Å². The predicted molar refractivity (Wildman–Crippen MR) is 122 cm³/mol. The summed E-state index contributed by atoms with van der Waals surface area (Å²) in [5.41, 5.74) is 9.04. The smallest absolute Gasteiger partial charge is 0.248 e. The van der Waals surface area contributed by atoms with Gasteiger partial charge in [-0.25, -0.2) is 0 Å². The lowest BCUT2D eigenvalue weighted by molar-refractivity contribution is 0.0846. The van der Waals surface area contributed by atoms with Crippen LogP contribution < -0.4 is 15.2 Å². The molecule has 0 aliphatic carbocycles. The Hall–Kier alpha value is -2.87. The Labute approximate surface area is 188 Å². The maximum atomic E-state index is 12.7. The Morgan fingerprint density at radius 1 is 1.13 bits per heavy atom. The number of hydrogen-bond donors (Lipinski definition) is 1. The van der Waals surface area contributed by atoms with E-state index in [1.165, 1.54) is 0 Å². The number of rotatable bonds is 5. The van der Waals surface area contributed by atoms with Crippen molar-refractivity contribution in [2.45, 2.75) is 26.1 Å². The third-order valence-electron chi connectivity index (χ3n) is 5.17. The average molecular weight is 513 g/mol. The minimum Gasteiger partial charge on any atom is -0.488 e. The third-order valence-corrected chi connectivity index (χ3v) is 6.15. The third kappa shape index (κ3) is 4.05. The first-order chi connectivity index (χ1) is 14.4. The molecule has 3 aromatic carbocycles. The highest BCUT2D eigenvalue weighted by molar-refractivity contribution is 14.1. The number of ether oxygens (including phenoxy) is 2. The molecule has 30 heavy (non-hydrogen) atoms. The highest BCUT2D eigenvalue weighted by Crippen LogP contribution is 2.41. The molecule has 1 amide bonds. The second-order valence-electron chi connectivity index (χ2n) is 7.17. The van der Waals surface area contributed by atoms with Crippen LogP contribution in [0.25, 0.3) is 0 Å². The van der Waals surface area contributed by atoms with Crippen LogP contribution in [0, 0.1) is 10.5 Å². The van der Waals surface area contributed by atoms with Crippen molar-refractivity contribution in [1.29, 1.82) is 0 Å². The number of carbonyl (C=O) groups excluding carboxylic acids is 2. The van der Waals surface area contributed by atoms with Crippen LogP contribution in [0.1, 0.15) is 49.9 Å². The molecular formula is C24H20INO4. The zero-order valence-corrected chi connectivity index (χ0v) is 18.5. The molecule has 1 aliphatic rings. The number of Topliss-reactive ketones (excluding diaryl/α,β-unsaturated/α-hetero) is 1. The SMILES string of the molecule is Cc1c(OCc2ccc(C(N)=O)cc2)ccc2c1OC(c1ccccc1I)CC2=O. The topological polar surface area (TPSA) is 78.6 Å². The molecule has 1 unspecified atom stereocenters. The van der Waals surface area contributed by atoms with E-state index < -0.39 is 5.91 Å². The molecule has 1 aliphatic heterocycles. The first kappa shape index (κ1) is 20.4. The monoisotopic (exact) mass is 513 g/mol. The second-order valence-corrected chi connectivity index (χ2v) is 8.33. The number of halogens is 1. The highest BCUT2D eigenvalue weighted by atomic mass is 127. The fourth-order valence-corrected chi connectivity index (χ4v) is 4.23. The van der Waals surface area contributed by atoms with Crippen molar-refractivity contribution in [3.8, 4) is 11.5 Å². The molecule has 0 spiro atoms. The van der Waals surface area contributed by atoms with E-state index in [1.807, 2.05) is 31.2 Å². The molecule has 3 aromatic rings. The van der Waals surface area contributed by atoms with E-state index >= 15 is 0 Å². The summed E-state index contributed by atoms with van der Waals surface area (Å²) in [5.74, 6) is 0.844. The van der Waals surface area contributed by atoms with Gasteiger partial charge in [-0.15, -0.1) is 0 Å². The standard InChI is InChI=1S/C24H20INO4/c1-14-21(29-13-15-6-8-16(9-7-15)24(26)28)11-10-18-20(27)12-22(30-23(14)18)17-4-2-3-5-19(17)25/h2-11,22H,12-13H2,1H3,(H2,26,28). The van der Waals surface area contributed by atoms with Crippen LogP contribution in [0.2, 0.25) is 0 Å². The van der Waals surface area contributed by atoms with Crippen molar-refractivity contribution in [1.82, 2.24) is 0 Å². The Kier molecular flexibility index (Phi) is 5.76. The summed E-state index contributed by atoms with van der Waals surface area (Å²) in [5, 5.41) is 0. The Morgan fingerprint density at radius 2 is 1.87 bits per heavy atom. The lowest BCUT2D eigenvalue weighted by Crippen LogP contribution is -2.22. The van der Waals surface area contributed by atoms with Crippen LogP contribution in [0.15, 0.2) is 60.7 Å². The van der Waals surface area contributed by atoms with E-state index in [9.17, 15) is 9.59 Å². The molecule has 0 bridgehead atoms. The minimum atomic E-state index is -0.461. The van der Waals surface area contributed by atoms with E-state index in [0.29, 0.717) is 35.7 Å². The van der Waals surface area contributed by atoms with Crippen LogP contribution in [0.5, 0.6) is 11.5 Å². The Morgan fingerprint density at radius 3 is 2.57 bits per heavy atom. The summed E-state index contributed by atoms with van der Waals surface area (Å²) in [4.78, 5) is 23.9. The van der Waals surface area contributed by atoms with Gasteiger partial charge in [0, 0.05) is 20.3 Å². The van der Waals surface area contributed by atoms with Crippen LogP contribution >= 0.6 is 22.6 Å². The molecule has 1 heterocycles. The normalized spacial score (nSPS) is 15.3. The number of carbonyl (C=O) groups is 2. The van der Waals surface area contributed by atoms with E-state index in [2.05, 4.69) is 22.6 Å². The summed E-state index contributed by atoms with van der Waals surface area (Å²) >= 11 is 2.27. The molecule has 0 aromatic heterocycles. The van der Waals surface area contributed by atoms with Crippen molar-refractivity contribution in [3.05, 3.63) is 92.1 Å². The van der Waals surface area contributed by atoms with Gasteiger partial charge in [-0.1, -0.05) is 30.3 Å². The van der Waals surface area contributed by atoms with Crippen molar-refractivity contribution in [2.24, 2.45) is 5.73 Å². The Bertz CT molecular complexity index is 1120. The van der Waals surface area contributed by atoms with Gasteiger partial charge in [0.25, 0.3) is 0 Å². The Balaban J connectivity index is 1.56. The molecule has 0 fully saturated rings. The number of hydrogen-bond acceptors (Lipinski definition) is 4. The van der Waals surface area contributed by atoms with E-state index in [-0.39, 0.29) is 11.9 Å². The quantitative estimate of drug-likeness (QED) is 0.488. The first-order valence-corrected chi connectivity index (χ1v) is 10.6. The van der Waals surface area contributed by atoms with Gasteiger partial charge < -0.3 is 15.2 Å². The molecule has 152 valence electrons. The van der Waals surface area contributed by atoms with Gasteiger partial charge in [-0.05, 0) is 65.4 Å². The zero-order valence-electron chi connectivity index (χ0n) is 16.4. The van der Waals surface area contributed by atoms with E-state index in [0.717, 1.165) is 20.3 Å². The van der Waals surface area contributed by atoms with Crippen molar-refractivity contribution < 1.29 is 19.1 Å². The number of fused-ring (bicyclic) bond motifs is 1. The van der Waals surface area contributed by atoms with Crippen molar-refractivity contribution >= 4 is 34.3 Å². The van der Waals surface area contributed by atoms with Crippen molar-refractivity contribution in [2.75, 3.05) is 0 Å². The summed E-state index contributed by atoms with van der Waals surface area (Å²) < 4.78 is 13.3. The average Bonchev–Trinajstić information content (AvgIpc) is 2.74. The van der Waals surface area contributed by atoms with Crippen LogP contribution in [-0.2, 0) is 6.61 Å². The van der Waals surface area contributed by atoms with E-state index in [4.69, 9.17) is 15.2 Å². The first-order valence-electron chi connectivity index (χ1n) is 9.53. The zero-order chi connectivity index (χ0) is 21.3. The number of nitrogens with two attached hydrogens (primary N) is 1. The molecule has 0 saturated carbocycles. The lowest BCUT2D eigenvalue weighted by Gasteiger charge is -2.28. The number of ketones is 1. The van der Waals surface area contributed by atoms with Gasteiger partial charge in [0.1, 0.15) is 24.2 Å². The summed E-state index contributed by atoms with van der Waals surface area (Å²) in [6.45, 7) is 2.22. The number of amides is 1. The highest BCUT2D eigenvalue weighted by Gasteiger charge is 2.30. The van der Waals surface area contributed by atoms with Gasteiger partial charge >= 0.3 is 0 Å². The van der Waals surface area contributed by atoms with Crippen LogP contribution in [0.4, 0.5) is 0 Å². The fraction of sp³-hybridized carbons (Fsp3) is 0.167. The molecule has 2 N–H and O–H groups in total. The number of primary amides is 1. The summed E-state index contributed by atoms with van der Waals surface area (Å²) in [7, 11) is 0. The maximum Gasteiger partial charge on any atom is 0.248 e. The van der Waals surface area contributed by atoms with Crippen LogP contribution in [0.3, 0.4) is 0 Å². The van der Waals surface area contributed by atoms with Gasteiger partial charge in [-0.2, -0.15) is 0 Å². The summed E-state index contributed by atoms with van der Waals surface area (Å²) in [6.07, 6.45) is 0.00665. The molecule has 5 nitrogen and oxygen atoms in total. The maximum absolute atomic E-state index is 12.7. The second kappa shape index (κ2) is 8.47. The van der Waals surface area contributed by atoms with Gasteiger partial charge in [0.15, 0.2) is 5.78 Å². The molecule has 4 rings (SSSR count). The minimum absolute atomic E-state index is 0.0672. The molecule has 0 saturated heterocycles.